The molecule has 1 aromatic heterocycles. The number of hydrogen-bond donors (Lipinski definition) is 1. The van der Waals surface area contributed by atoms with E-state index in [1.165, 1.54) is 6.42 Å². The molecule has 1 aromatic rings. The van der Waals surface area contributed by atoms with Crippen molar-refractivity contribution >= 4 is 5.91 Å². The topological polar surface area (TPSA) is 49.0 Å². The third-order valence-electron chi connectivity index (χ3n) is 2.80. The number of aryl methyl sites for hydroxylation is 1. The van der Waals surface area contributed by atoms with Crippen molar-refractivity contribution in [3.05, 3.63) is 17.5 Å². The molecule has 0 aliphatic carbocycles. The summed E-state index contributed by atoms with van der Waals surface area (Å²) in [6.45, 7) is 3.78. The van der Waals surface area contributed by atoms with Crippen LogP contribution in [0, 0.1) is 6.92 Å². The summed E-state index contributed by atoms with van der Waals surface area (Å²) in [6, 6.07) is 1.93. The average molecular weight is 207 g/mol. The van der Waals surface area contributed by atoms with E-state index in [4.69, 9.17) is 0 Å². The highest BCUT2D eigenvalue weighted by Gasteiger charge is 2.17. The highest BCUT2D eigenvalue weighted by Crippen LogP contribution is 2.10. The number of nitrogens with zero attached hydrogens (tertiary/aromatic N) is 2. The van der Waals surface area contributed by atoms with Gasteiger partial charge < -0.3 is 4.90 Å². The van der Waals surface area contributed by atoms with E-state index in [1.807, 2.05) is 17.9 Å². The summed E-state index contributed by atoms with van der Waals surface area (Å²) in [7, 11) is 0. The van der Waals surface area contributed by atoms with E-state index in [0.717, 1.165) is 37.3 Å². The van der Waals surface area contributed by atoms with Crippen molar-refractivity contribution in [2.45, 2.75) is 32.6 Å². The molecule has 4 nitrogen and oxygen atoms in total. The molecule has 82 valence electrons. The quantitative estimate of drug-likeness (QED) is 0.794. The van der Waals surface area contributed by atoms with Crippen LogP contribution in [-0.4, -0.2) is 34.1 Å². The normalized spacial score (nSPS) is 16.7. The first-order valence-electron chi connectivity index (χ1n) is 5.54. The van der Waals surface area contributed by atoms with Crippen LogP contribution in [0.1, 0.15) is 30.7 Å². The van der Waals surface area contributed by atoms with Crippen LogP contribution in [0.15, 0.2) is 6.07 Å². The number of H-pyrrole nitrogens is 1. The van der Waals surface area contributed by atoms with Gasteiger partial charge in [0.05, 0.1) is 12.1 Å². The number of carbonyl (C=O) groups is 1. The minimum atomic E-state index is 0.209. The molecule has 1 aliphatic rings. The van der Waals surface area contributed by atoms with Crippen LogP contribution in [0.3, 0.4) is 0 Å². The third-order valence-corrected chi connectivity index (χ3v) is 2.80. The maximum Gasteiger partial charge on any atom is 0.228 e. The molecule has 0 unspecified atom stereocenters. The number of piperidine rings is 1. The Balaban J connectivity index is 1.91. The Kier molecular flexibility index (Phi) is 3.04. The summed E-state index contributed by atoms with van der Waals surface area (Å²) >= 11 is 0. The van der Waals surface area contributed by atoms with Crippen molar-refractivity contribution in [1.29, 1.82) is 0 Å². The predicted molar refractivity (Wildman–Crippen MR) is 57.5 cm³/mol. The maximum absolute atomic E-state index is 11.8. The fourth-order valence-corrected chi connectivity index (χ4v) is 1.98. The van der Waals surface area contributed by atoms with Crippen molar-refractivity contribution in [3.63, 3.8) is 0 Å². The van der Waals surface area contributed by atoms with Gasteiger partial charge in [-0.05, 0) is 32.3 Å². The zero-order valence-corrected chi connectivity index (χ0v) is 9.12. The van der Waals surface area contributed by atoms with Crippen LogP contribution < -0.4 is 0 Å². The van der Waals surface area contributed by atoms with Gasteiger partial charge in [-0.15, -0.1) is 0 Å². The van der Waals surface area contributed by atoms with Crippen molar-refractivity contribution in [3.8, 4) is 0 Å². The lowest BCUT2D eigenvalue weighted by Crippen LogP contribution is -2.36. The molecule has 0 atom stereocenters. The van der Waals surface area contributed by atoms with Gasteiger partial charge in [0.25, 0.3) is 0 Å². The lowest BCUT2D eigenvalue weighted by atomic mass is 10.1. The standard InChI is InChI=1S/C11H17N3O/c1-9-7-10(13-12-9)8-11(15)14-5-3-2-4-6-14/h7H,2-6,8H2,1H3,(H,12,13). The number of carbonyl (C=O) groups excluding carboxylic acids is 1. The van der Waals surface area contributed by atoms with Gasteiger partial charge in [-0.25, -0.2) is 0 Å². The number of likely N-dealkylation sites (tertiary alicyclic amines) is 1. The summed E-state index contributed by atoms with van der Waals surface area (Å²) in [5.74, 6) is 0.209. The van der Waals surface area contributed by atoms with Gasteiger partial charge in [0.2, 0.25) is 5.91 Å². The summed E-state index contributed by atoms with van der Waals surface area (Å²) in [5.41, 5.74) is 1.86. The molecule has 1 saturated heterocycles. The first-order valence-corrected chi connectivity index (χ1v) is 5.54. The number of aromatic amines is 1. The molecule has 0 spiro atoms. The Labute approximate surface area is 89.7 Å². The zero-order chi connectivity index (χ0) is 10.7. The van der Waals surface area contributed by atoms with Gasteiger partial charge in [0.15, 0.2) is 0 Å². The number of amides is 1. The van der Waals surface area contributed by atoms with Gasteiger partial charge in [0.1, 0.15) is 0 Å². The number of aromatic nitrogens is 2. The SMILES string of the molecule is Cc1cc(CC(=O)N2CCCCC2)n[nH]1. The molecule has 0 saturated carbocycles. The van der Waals surface area contributed by atoms with Gasteiger partial charge in [-0.2, -0.15) is 5.10 Å². The van der Waals surface area contributed by atoms with Crippen LogP contribution in [0.2, 0.25) is 0 Å². The van der Waals surface area contributed by atoms with E-state index in [0.29, 0.717) is 6.42 Å². The van der Waals surface area contributed by atoms with Gasteiger partial charge in [-0.1, -0.05) is 0 Å². The molecule has 2 heterocycles. The van der Waals surface area contributed by atoms with Crippen LogP contribution in [0.25, 0.3) is 0 Å². The molecular weight excluding hydrogens is 190 g/mol. The van der Waals surface area contributed by atoms with Crippen molar-refractivity contribution < 1.29 is 4.79 Å². The molecule has 1 amide bonds. The Morgan fingerprint density at radius 2 is 2.20 bits per heavy atom. The Morgan fingerprint density at radius 1 is 1.47 bits per heavy atom. The fourth-order valence-electron chi connectivity index (χ4n) is 1.98. The molecule has 0 aromatic carbocycles. The smallest absolute Gasteiger partial charge is 0.228 e. The number of rotatable bonds is 2. The lowest BCUT2D eigenvalue weighted by Gasteiger charge is -2.26. The van der Waals surface area contributed by atoms with E-state index >= 15 is 0 Å². The predicted octanol–water partition coefficient (Wildman–Crippen LogP) is 1.27. The summed E-state index contributed by atoms with van der Waals surface area (Å²) in [4.78, 5) is 13.8. The second-order valence-electron chi connectivity index (χ2n) is 4.16. The monoisotopic (exact) mass is 207 g/mol. The molecule has 1 N–H and O–H groups in total. The maximum atomic E-state index is 11.8. The average Bonchev–Trinajstić information content (AvgIpc) is 2.65. The number of nitrogens with one attached hydrogen (secondary N) is 1. The second-order valence-corrected chi connectivity index (χ2v) is 4.16. The van der Waals surface area contributed by atoms with Crippen LogP contribution in [0.5, 0.6) is 0 Å². The van der Waals surface area contributed by atoms with Crippen LogP contribution in [-0.2, 0) is 11.2 Å². The molecule has 0 radical (unpaired) electrons. The van der Waals surface area contributed by atoms with Gasteiger partial charge in [0, 0.05) is 18.8 Å². The minimum Gasteiger partial charge on any atom is -0.342 e. The molecule has 2 rings (SSSR count). The molecule has 15 heavy (non-hydrogen) atoms. The van der Waals surface area contributed by atoms with Crippen LogP contribution in [0.4, 0.5) is 0 Å². The first kappa shape index (κ1) is 10.2. The minimum absolute atomic E-state index is 0.209. The van der Waals surface area contributed by atoms with Gasteiger partial charge >= 0.3 is 0 Å². The highest BCUT2D eigenvalue weighted by molar-refractivity contribution is 5.78. The molecule has 1 aliphatic heterocycles. The van der Waals surface area contributed by atoms with E-state index < -0.39 is 0 Å². The second kappa shape index (κ2) is 4.47. The summed E-state index contributed by atoms with van der Waals surface area (Å²) < 4.78 is 0. The first-order chi connectivity index (χ1) is 7.25. The summed E-state index contributed by atoms with van der Waals surface area (Å²) in [5, 5.41) is 6.93. The molecular formula is C11H17N3O. The molecule has 0 bridgehead atoms. The van der Waals surface area contributed by atoms with Crippen molar-refractivity contribution in [1.82, 2.24) is 15.1 Å². The largest absolute Gasteiger partial charge is 0.342 e. The Bertz CT molecular complexity index is 339. The highest BCUT2D eigenvalue weighted by atomic mass is 16.2. The van der Waals surface area contributed by atoms with E-state index in [-0.39, 0.29) is 5.91 Å². The Morgan fingerprint density at radius 3 is 2.80 bits per heavy atom. The van der Waals surface area contributed by atoms with Gasteiger partial charge in [-0.3, -0.25) is 9.89 Å². The fraction of sp³-hybridized carbons (Fsp3) is 0.636. The van der Waals surface area contributed by atoms with E-state index in [1.54, 1.807) is 0 Å². The van der Waals surface area contributed by atoms with E-state index in [2.05, 4.69) is 10.2 Å². The Hall–Kier alpha value is -1.32. The molecule has 4 heteroatoms. The van der Waals surface area contributed by atoms with Crippen LogP contribution >= 0.6 is 0 Å². The lowest BCUT2D eigenvalue weighted by molar-refractivity contribution is -0.131. The summed E-state index contributed by atoms with van der Waals surface area (Å²) in [6.07, 6.45) is 3.98. The van der Waals surface area contributed by atoms with E-state index in [9.17, 15) is 4.79 Å². The van der Waals surface area contributed by atoms with Crippen molar-refractivity contribution in [2.24, 2.45) is 0 Å². The number of hydrogen-bond acceptors (Lipinski definition) is 2. The molecule has 1 fully saturated rings. The van der Waals surface area contributed by atoms with Crippen molar-refractivity contribution in [2.75, 3.05) is 13.1 Å². The zero-order valence-electron chi connectivity index (χ0n) is 9.12. The third kappa shape index (κ3) is 2.58.